The van der Waals surface area contributed by atoms with Gasteiger partial charge in [-0.2, -0.15) is 0 Å². The van der Waals surface area contributed by atoms with Crippen molar-refractivity contribution in [2.24, 2.45) is 5.92 Å². The quantitative estimate of drug-likeness (QED) is 0.830. The molecule has 0 spiro atoms. The zero-order valence-electron chi connectivity index (χ0n) is 8.44. The summed E-state index contributed by atoms with van der Waals surface area (Å²) in [5.74, 6) is 1.70. The van der Waals surface area contributed by atoms with E-state index in [1.807, 2.05) is 6.07 Å². The van der Waals surface area contributed by atoms with E-state index in [0.717, 1.165) is 33.9 Å². The smallest absolute Gasteiger partial charge is 0.183 e. The molecule has 2 nitrogen and oxygen atoms in total. The van der Waals surface area contributed by atoms with Gasteiger partial charge in [-0.1, -0.05) is 13.8 Å². The lowest BCUT2D eigenvalue weighted by atomic mass is 10.1. The van der Waals surface area contributed by atoms with Gasteiger partial charge in [0.05, 0.1) is 11.0 Å². The van der Waals surface area contributed by atoms with E-state index in [2.05, 4.69) is 51.0 Å². The first-order valence-corrected chi connectivity index (χ1v) is 6.32. The van der Waals surface area contributed by atoms with Gasteiger partial charge >= 0.3 is 0 Å². The molecule has 0 aliphatic rings. The van der Waals surface area contributed by atoms with Crippen molar-refractivity contribution in [2.45, 2.75) is 26.8 Å². The van der Waals surface area contributed by atoms with Crippen molar-refractivity contribution in [3.05, 3.63) is 21.0 Å². The predicted octanol–water partition coefficient (Wildman–Crippen LogP) is 3.94. The Bertz CT molecular complexity index is 264. The Balaban J connectivity index is 2.25. The minimum absolute atomic E-state index is 0.748. The van der Waals surface area contributed by atoms with Gasteiger partial charge in [0.2, 0.25) is 0 Å². The molecule has 80 valence electrons. The molecular weight excluding hydrogens is 310 g/mol. The number of rotatable bonds is 5. The topological polar surface area (TPSA) is 25.2 Å². The van der Waals surface area contributed by atoms with E-state index < -0.39 is 0 Å². The minimum Gasteiger partial charge on any atom is -0.452 e. The Morgan fingerprint density at radius 1 is 1.43 bits per heavy atom. The van der Waals surface area contributed by atoms with Crippen LogP contribution in [0.3, 0.4) is 0 Å². The summed E-state index contributed by atoms with van der Waals surface area (Å²) in [7, 11) is 0. The fourth-order valence-corrected chi connectivity index (χ4v) is 1.74. The van der Waals surface area contributed by atoms with E-state index >= 15 is 0 Å². The molecule has 14 heavy (non-hydrogen) atoms. The first-order chi connectivity index (χ1) is 6.59. The lowest BCUT2D eigenvalue weighted by molar-refractivity contribution is 0.453. The lowest BCUT2D eigenvalue weighted by Gasteiger charge is -2.04. The Labute approximate surface area is 102 Å². The van der Waals surface area contributed by atoms with Gasteiger partial charge in [0.1, 0.15) is 5.76 Å². The van der Waals surface area contributed by atoms with Gasteiger partial charge < -0.3 is 9.73 Å². The van der Waals surface area contributed by atoms with Crippen LogP contribution in [0.4, 0.5) is 0 Å². The summed E-state index contributed by atoms with van der Waals surface area (Å²) >= 11 is 6.69. The van der Waals surface area contributed by atoms with Crippen molar-refractivity contribution < 1.29 is 4.42 Å². The minimum atomic E-state index is 0.748. The molecule has 0 aliphatic heterocycles. The number of hydrogen-bond acceptors (Lipinski definition) is 2. The summed E-state index contributed by atoms with van der Waals surface area (Å²) in [6.45, 7) is 6.27. The molecule has 1 aromatic heterocycles. The molecule has 0 radical (unpaired) electrons. The highest BCUT2D eigenvalue weighted by Crippen LogP contribution is 2.26. The third-order valence-corrected chi connectivity index (χ3v) is 3.60. The molecule has 1 N–H and O–H groups in total. The Kier molecular flexibility index (Phi) is 5.20. The summed E-state index contributed by atoms with van der Waals surface area (Å²) in [6, 6.07) is 1.98. The fourth-order valence-electron chi connectivity index (χ4n) is 1.08. The summed E-state index contributed by atoms with van der Waals surface area (Å²) in [4.78, 5) is 0. The highest BCUT2D eigenvalue weighted by molar-refractivity contribution is 9.13. The van der Waals surface area contributed by atoms with E-state index in [9.17, 15) is 0 Å². The van der Waals surface area contributed by atoms with Crippen molar-refractivity contribution in [1.29, 1.82) is 0 Å². The van der Waals surface area contributed by atoms with Gasteiger partial charge in [0, 0.05) is 0 Å². The molecule has 1 rings (SSSR count). The largest absolute Gasteiger partial charge is 0.452 e. The lowest BCUT2D eigenvalue weighted by Crippen LogP contribution is -2.15. The van der Waals surface area contributed by atoms with E-state index in [-0.39, 0.29) is 0 Å². The average molecular weight is 325 g/mol. The zero-order chi connectivity index (χ0) is 10.6. The predicted molar refractivity (Wildman–Crippen MR) is 65.3 cm³/mol. The van der Waals surface area contributed by atoms with Gasteiger partial charge in [0.15, 0.2) is 4.67 Å². The molecule has 1 heterocycles. The molecule has 0 fully saturated rings. The summed E-state index contributed by atoms with van der Waals surface area (Å²) in [5.41, 5.74) is 0. The highest BCUT2D eigenvalue weighted by Gasteiger charge is 2.05. The van der Waals surface area contributed by atoms with Crippen molar-refractivity contribution in [3.63, 3.8) is 0 Å². The molecule has 0 amide bonds. The first kappa shape index (κ1) is 12.3. The van der Waals surface area contributed by atoms with E-state index in [1.54, 1.807) is 0 Å². The van der Waals surface area contributed by atoms with Crippen LogP contribution in [0, 0.1) is 5.92 Å². The summed E-state index contributed by atoms with van der Waals surface area (Å²) in [6.07, 6.45) is 1.20. The second kappa shape index (κ2) is 5.93. The van der Waals surface area contributed by atoms with Crippen LogP contribution in [-0.4, -0.2) is 6.54 Å². The average Bonchev–Trinajstić information content (AvgIpc) is 2.40. The van der Waals surface area contributed by atoms with Gasteiger partial charge in [-0.15, -0.1) is 0 Å². The highest BCUT2D eigenvalue weighted by atomic mass is 79.9. The molecule has 0 bridgehead atoms. The van der Waals surface area contributed by atoms with E-state index in [4.69, 9.17) is 4.42 Å². The molecule has 4 heteroatoms. The fraction of sp³-hybridized carbons (Fsp3) is 0.600. The first-order valence-electron chi connectivity index (χ1n) is 4.74. The van der Waals surface area contributed by atoms with Crippen LogP contribution in [0.2, 0.25) is 0 Å². The Hall–Kier alpha value is 0.200. The van der Waals surface area contributed by atoms with Crippen molar-refractivity contribution in [3.8, 4) is 0 Å². The van der Waals surface area contributed by atoms with Crippen molar-refractivity contribution in [2.75, 3.05) is 6.54 Å². The molecule has 0 unspecified atom stereocenters. The molecule has 0 aromatic carbocycles. The monoisotopic (exact) mass is 323 g/mol. The van der Waals surface area contributed by atoms with Crippen LogP contribution in [0.5, 0.6) is 0 Å². The van der Waals surface area contributed by atoms with Crippen LogP contribution in [0.1, 0.15) is 26.0 Å². The van der Waals surface area contributed by atoms with Gasteiger partial charge in [0.25, 0.3) is 0 Å². The Morgan fingerprint density at radius 3 is 2.64 bits per heavy atom. The maximum Gasteiger partial charge on any atom is 0.183 e. The maximum atomic E-state index is 5.43. The van der Waals surface area contributed by atoms with Gasteiger partial charge in [-0.05, 0) is 56.8 Å². The third-order valence-electron chi connectivity index (χ3n) is 1.89. The standard InChI is InChI=1S/C10H15Br2NO/c1-7(2)3-4-13-6-8-5-9(11)10(12)14-8/h5,7,13H,3-4,6H2,1-2H3. The maximum absolute atomic E-state index is 5.43. The van der Waals surface area contributed by atoms with Crippen LogP contribution in [0.15, 0.2) is 19.6 Å². The molecule has 0 aliphatic carbocycles. The van der Waals surface area contributed by atoms with Crippen LogP contribution in [0.25, 0.3) is 0 Å². The Morgan fingerprint density at radius 2 is 2.14 bits per heavy atom. The number of nitrogens with one attached hydrogen (secondary N) is 1. The third kappa shape index (κ3) is 4.15. The van der Waals surface area contributed by atoms with Gasteiger partial charge in [-0.25, -0.2) is 0 Å². The second-order valence-electron chi connectivity index (χ2n) is 3.69. The van der Waals surface area contributed by atoms with E-state index in [1.165, 1.54) is 6.42 Å². The van der Waals surface area contributed by atoms with E-state index in [0.29, 0.717) is 0 Å². The van der Waals surface area contributed by atoms with Crippen molar-refractivity contribution >= 4 is 31.9 Å². The second-order valence-corrected chi connectivity index (χ2v) is 5.27. The summed E-state index contributed by atoms with van der Waals surface area (Å²) < 4.78 is 7.16. The molecular formula is C10H15Br2NO. The number of furan rings is 1. The summed E-state index contributed by atoms with van der Waals surface area (Å²) in [5, 5.41) is 3.34. The molecule has 1 aromatic rings. The van der Waals surface area contributed by atoms with Gasteiger partial charge in [-0.3, -0.25) is 0 Å². The number of hydrogen-bond donors (Lipinski definition) is 1. The molecule has 0 atom stereocenters. The normalized spacial score (nSPS) is 11.2. The SMILES string of the molecule is CC(C)CCNCc1cc(Br)c(Br)o1. The number of halogens is 2. The van der Waals surface area contributed by atoms with Crippen LogP contribution >= 0.6 is 31.9 Å². The van der Waals surface area contributed by atoms with Crippen molar-refractivity contribution in [1.82, 2.24) is 5.32 Å². The molecule has 0 saturated carbocycles. The van der Waals surface area contributed by atoms with Crippen LogP contribution < -0.4 is 5.32 Å². The molecule has 0 saturated heterocycles. The van der Waals surface area contributed by atoms with Crippen LogP contribution in [-0.2, 0) is 6.54 Å². The zero-order valence-corrected chi connectivity index (χ0v) is 11.6.